The lowest BCUT2D eigenvalue weighted by molar-refractivity contribution is 0.0692. The van der Waals surface area contributed by atoms with Crippen LogP contribution in [0.2, 0.25) is 0 Å². The Morgan fingerprint density at radius 1 is 1.29 bits per heavy atom. The Kier molecular flexibility index (Phi) is 3.41. The first-order chi connectivity index (χ1) is 11.6. The average molecular weight is 326 g/mol. The molecule has 7 heteroatoms. The number of rotatable bonds is 4. The molecule has 1 aromatic carbocycles. The second kappa shape index (κ2) is 5.59. The number of carbonyl (C=O) groups is 1. The van der Waals surface area contributed by atoms with Crippen molar-refractivity contribution in [2.24, 2.45) is 0 Å². The maximum atomic E-state index is 14.0. The molecule has 2 heterocycles. The summed E-state index contributed by atoms with van der Waals surface area (Å²) in [6, 6.07) is 8.18. The van der Waals surface area contributed by atoms with Gasteiger partial charge in [-0.25, -0.2) is 18.7 Å². The van der Waals surface area contributed by atoms with Crippen LogP contribution in [0.1, 0.15) is 29.6 Å². The number of aromatic carboxylic acids is 1. The molecule has 2 N–H and O–H groups in total. The predicted molar refractivity (Wildman–Crippen MR) is 86.6 cm³/mol. The molecule has 2 aromatic heterocycles. The minimum atomic E-state index is -1.29. The molecule has 0 amide bonds. The van der Waals surface area contributed by atoms with E-state index in [1.165, 1.54) is 18.6 Å². The van der Waals surface area contributed by atoms with Crippen molar-refractivity contribution in [3.8, 4) is 11.3 Å². The summed E-state index contributed by atoms with van der Waals surface area (Å²) < 4.78 is 15.6. The third kappa shape index (κ3) is 2.47. The molecular weight excluding hydrogens is 311 g/mol. The molecular formula is C17H15FN4O2. The zero-order chi connectivity index (χ0) is 16.7. The van der Waals surface area contributed by atoms with Crippen LogP contribution in [0.3, 0.4) is 0 Å². The van der Waals surface area contributed by atoms with E-state index in [1.54, 1.807) is 16.8 Å². The van der Waals surface area contributed by atoms with Crippen molar-refractivity contribution in [2.45, 2.75) is 25.3 Å². The summed E-state index contributed by atoms with van der Waals surface area (Å²) in [4.78, 5) is 15.2. The van der Waals surface area contributed by atoms with Gasteiger partial charge in [0.1, 0.15) is 11.6 Å². The molecule has 0 unspecified atom stereocenters. The number of anilines is 1. The zero-order valence-electron chi connectivity index (χ0n) is 12.7. The predicted octanol–water partition coefficient (Wildman–Crippen LogP) is 3.20. The van der Waals surface area contributed by atoms with E-state index in [0.717, 1.165) is 18.7 Å². The van der Waals surface area contributed by atoms with Gasteiger partial charge in [-0.1, -0.05) is 6.07 Å². The van der Waals surface area contributed by atoms with Gasteiger partial charge < -0.3 is 10.4 Å². The van der Waals surface area contributed by atoms with Crippen molar-refractivity contribution in [3.05, 3.63) is 47.9 Å². The standard InChI is InChI=1S/C17H15FN4O2/c18-13-8-10(4-5-12(13)17(23)24)14-9-19-16-7-6-15(21-22(14)16)20-11-2-1-3-11/h4-9,11H,1-3H2,(H,20,21)(H,23,24). The van der Waals surface area contributed by atoms with E-state index < -0.39 is 11.8 Å². The van der Waals surface area contributed by atoms with Crippen molar-refractivity contribution in [1.29, 1.82) is 0 Å². The quantitative estimate of drug-likeness (QED) is 0.769. The van der Waals surface area contributed by atoms with E-state index in [0.29, 0.717) is 22.9 Å². The Morgan fingerprint density at radius 3 is 2.79 bits per heavy atom. The maximum absolute atomic E-state index is 14.0. The Hall–Kier alpha value is -2.96. The minimum Gasteiger partial charge on any atom is -0.478 e. The Labute approximate surface area is 137 Å². The second-order valence-electron chi connectivity index (χ2n) is 5.90. The number of carboxylic acid groups (broad SMARTS) is 1. The lowest BCUT2D eigenvalue weighted by Crippen LogP contribution is -2.27. The van der Waals surface area contributed by atoms with E-state index in [2.05, 4.69) is 15.4 Å². The number of imidazole rings is 1. The Balaban J connectivity index is 1.74. The summed E-state index contributed by atoms with van der Waals surface area (Å²) in [7, 11) is 0. The van der Waals surface area contributed by atoms with Gasteiger partial charge in [0, 0.05) is 11.6 Å². The molecule has 4 rings (SSSR count). The van der Waals surface area contributed by atoms with Gasteiger partial charge in [-0.15, -0.1) is 5.10 Å². The highest BCUT2D eigenvalue weighted by Crippen LogP contribution is 2.25. The first-order valence-corrected chi connectivity index (χ1v) is 7.76. The molecule has 122 valence electrons. The van der Waals surface area contributed by atoms with Crippen molar-refractivity contribution >= 4 is 17.4 Å². The molecule has 1 saturated carbocycles. The Bertz CT molecular complexity index is 933. The van der Waals surface area contributed by atoms with Crippen molar-refractivity contribution < 1.29 is 14.3 Å². The van der Waals surface area contributed by atoms with Crippen LogP contribution < -0.4 is 5.32 Å². The van der Waals surface area contributed by atoms with Gasteiger partial charge in [-0.05, 0) is 43.5 Å². The SMILES string of the molecule is O=C(O)c1ccc(-c2cnc3ccc(NC4CCC4)nn23)cc1F. The van der Waals surface area contributed by atoms with E-state index in [-0.39, 0.29) is 5.56 Å². The van der Waals surface area contributed by atoms with Gasteiger partial charge in [0.15, 0.2) is 5.65 Å². The molecule has 1 aliphatic rings. The summed E-state index contributed by atoms with van der Waals surface area (Å²) in [5, 5.41) is 16.8. The van der Waals surface area contributed by atoms with Crippen molar-refractivity contribution in [3.63, 3.8) is 0 Å². The van der Waals surface area contributed by atoms with E-state index in [4.69, 9.17) is 5.11 Å². The molecule has 1 fully saturated rings. The summed E-state index contributed by atoms with van der Waals surface area (Å²) in [5.74, 6) is -1.32. The maximum Gasteiger partial charge on any atom is 0.338 e. The largest absolute Gasteiger partial charge is 0.478 e. The highest BCUT2D eigenvalue weighted by atomic mass is 19.1. The average Bonchev–Trinajstić information content (AvgIpc) is 2.93. The Morgan fingerprint density at radius 2 is 2.12 bits per heavy atom. The van der Waals surface area contributed by atoms with Crippen LogP contribution in [0.15, 0.2) is 36.5 Å². The van der Waals surface area contributed by atoms with Crippen molar-refractivity contribution in [1.82, 2.24) is 14.6 Å². The van der Waals surface area contributed by atoms with Gasteiger partial charge in [-0.2, -0.15) is 0 Å². The third-order valence-corrected chi connectivity index (χ3v) is 4.31. The lowest BCUT2D eigenvalue weighted by atomic mass is 9.93. The number of nitrogens with zero attached hydrogens (tertiary/aromatic N) is 3. The van der Waals surface area contributed by atoms with E-state index >= 15 is 0 Å². The van der Waals surface area contributed by atoms with Crippen LogP contribution in [0, 0.1) is 5.82 Å². The number of carboxylic acids is 1. The molecule has 6 nitrogen and oxygen atoms in total. The lowest BCUT2D eigenvalue weighted by Gasteiger charge is -2.26. The number of hydrogen-bond acceptors (Lipinski definition) is 4. The summed E-state index contributed by atoms with van der Waals surface area (Å²) in [5.41, 5.74) is 1.43. The van der Waals surface area contributed by atoms with Crippen LogP contribution in [-0.2, 0) is 0 Å². The molecule has 0 spiro atoms. The first kappa shape index (κ1) is 14.6. The smallest absolute Gasteiger partial charge is 0.338 e. The monoisotopic (exact) mass is 326 g/mol. The highest BCUT2D eigenvalue weighted by molar-refractivity contribution is 5.88. The number of hydrogen-bond donors (Lipinski definition) is 2. The van der Waals surface area contributed by atoms with Gasteiger partial charge in [-0.3, -0.25) is 0 Å². The van der Waals surface area contributed by atoms with Crippen LogP contribution in [-0.4, -0.2) is 31.7 Å². The normalized spacial score (nSPS) is 14.5. The molecule has 0 saturated heterocycles. The number of benzene rings is 1. The summed E-state index contributed by atoms with van der Waals surface area (Å²) >= 11 is 0. The van der Waals surface area contributed by atoms with Gasteiger partial charge in [0.2, 0.25) is 0 Å². The number of halogens is 1. The minimum absolute atomic E-state index is 0.354. The van der Waals surface area contributed by atoms with Crippen molar-refractivity contribution in [2.75, 3.05) is 5.32 Å². The fourth-order valence-corrected chi connectivity index (χ4v) is 2.76. The first-order valence-electron chi connectivity index (χ1n) is 7.76. The zero-order valence-corrected chi connectivity index (χ0v) is 12.7. The molecule has 0 radical (unpaired) electrons. The fourth-order valence-electron chi connectivity index (χ4n) is 2.76. The molecule has 24 heavy (non-hydrogen) atoms. The topological polar surface area (TPSA) is 79.5 Å². The molecule has 0 bridgehead atoms. The number of nitrogens with one attached hydrogen (secondary N) is 1. The number of fused-ring (bicyclic) bond motifs is 1. The summed E-state index contributed by atoms with van der Waals surface area (Å²) in [6.45, 7) is 0. The molecule has 3 aromatic rings. The van der Waals surface area contributed by atoms with Crippen LogP contribution in [0.4, 0.5) is 10.2 Å². The molecule has 1 aliphatic carbocycles. The van der Waals surface area contributed by atoms with Gasteiger partial charge >= 0.3 is 5.97 Å². The third-order valence-electron chi connectivity index (χ3n) is 4.31. The summed E-state index contributed by atoms with van der Waals surface area (Å²) in [6.07, 6.45) is 5.10. The van der Waals surface area contributed by atoms with Crippen LogP contribution in [0.25, 0.3) is 16.9 Å². The molecule has 0 atom stereocenters. The molecule has 0 aliphatic heterocycles. The van der Waals surface area contributed by atoms with Gasteiger partial charge in [0.25, 0.3) is 0 Å². The highest BCUT2D eigenvalue weighted by Gasteiger charge is 2.18. The fraction of sp³-hybridized carbons (Fsp3) is 0.235. The van der Waals surface area contributed by atoms with Gasteiger partial charge in [0.05, 0.1) is 17.5 Å². The van der Waals surface area contributed by atoms with E-state index in [1.807, 2.05) is 12.1 Å². The number of aromatic nitrogens is 3. The second-order valence-corrected chi connectivity index (χ2v) is 5.90. The van der Waals surface area contributed by atoms with Crippen LogP contribution >= 0.6 is 0 Å². The van der Waals surface area contributed by atoms with Crippen LogP contribution in [0.5, 0.6) is 0 Å². The van der Waals surface area contributed by atoms with E-state index in [9.17, 15) is 9.18 Å².